The summed E-state index contributed by atoms with van der Waals surface area (Å²) in [5.74, 6) is -4.22. The normalized spacial score (nSPS) is 9.59. The van der Waals surface area contributed by atoms with Crippen LogP contribution in [-0.4, -0.2) is 21.3 Å². The highest BCUT2D eigenvalue weighted by Gasteiger charge is 2.13. The lowest BCUT2D eigenvalue weighted by Gasteiger charge is -2.05. The number of hydrogen-bond donors (Lipinski definition) is 0. The number of ether oxygens (including phenoxy) is 3. The summed E-state index contributed by atoms with van der Waals surface area (Å²) in [4.78, 5) is 0. The number of halogens is 4. The molecule has 0 unspecified atom stereocenters. The van der Waals surface area contributed by atoms with Crippen LogP contribution in [0.25, 0.3) is 0 Å². The Morgan fingerprint density at radius 3 is 1.36 bits per heavy atom. The van der Waals surface area contributed by atoms with Crippen LogP contribution >= 0.6 is 0 Å². The minimum absolute atomic E-state index is 0.0694. The summed E-state index contributed by atoms with van der Waals surface area (Å²) >= 11 is 0. The van der Waals surface area contributed by atoms with Gasteiger partial charge >= 0.3 is 0 Å². The summed E-state index contributed by atoms with van der Waals surface area (Å²) in [6.07, 6.45) is 0. The van der Waals surface area contributed by atoms with Crippen LogP contribution in [0, 0.1) is 23.3 Å². The molecule has 0 fully saturated rings. The van der Waals surface area contributed by atoms with Crippen molar-refractivity contribution in [3.63, 3.8) is 0 Å². The molecule has 0 N–H and O–H groups in total. The highest BCUT2D eigenvalue weighted by atomic mass is 19.2. The van der Waals surface area contributed by atoms with Crippen molar-refractivity contribution in [2.24, 2.45) is 0 Å². The third kappa shape index (κ3) is 4.03. The van der Waals surface area contributed by atoms with E-state index in [0.29, 0.717) is 0 Å². The molecular weight excluding hydrogens is 304 g/mol. The maximum absolute atomic E-state index is 12.9. The molecule has 0 saturated carbocycles. The van der Waals surface area contributed by atoms with Crippen LogP contribution in [-0.2, 0) is 0 Å². The van der Waals surface area contributed by atoms with E-state index in [0.717, 1.165) is 6.07 Å². The molecule has 120 valence electrons. The molecule has 3 nitrogen and oxygen atoms in total. The first kappa shape index (κ1) is 17.6. The highest BCUT2D eigenvalue weighted by Crippen LogP contribution is 2.26. The van der Waals surface area contributed by atoms with Crippen LogP contribution in [0.1, 0.15) is 0 Å². The zero-order chi connectivity index (χ0) is 16.7. The molecule has 0 bridgehead atoms. The topological polar surface area (TPSA) is 27.7 Å². The van der Waals surface area contributed by atoms with Gasteiger partial charge in [-0.25, -0.2) is 4.39 Å². The zero-order valence-electron chi connectivity index (χ0n) is 12.1. The molecule has 0 atom stereocenters. The Morgan fingerprint density at radius 1 is 0.591 bits per heavy atom. The Labute approximate surface area is 125 Å². The van der Waals surface area contributed by atoms with E-state index in [4.69, 9.17) is 0 Å². The van der Waals surface area contributed by atoms with Crippen molar-refractivity contribution in [3.05, 3.63) is 53.6 Å². The second-order valence-electron chi connectivity index (χ2n) is 3.85. The van der Waals surface area contributed by atoms with Gasteiger partial charge < -0.3 is 14.2 Å². The Kier molecular flexibility index (Phi) is 6.49. The smallest absolute Gasteiger partial charge is 0.204 e. The molecule has 7 heteroatoms. The SMILES string of the molecule is COc1ccc(OC)c(F)c1F.COc1cccc(F)c1F. The molecule has 0 spiro atoms. The molecule has 2 aromatic carbocycles. The van der Waals surface area contributed by atoms with E-state index in [1.165, 1.54) is 45.6 Å². The van der Waals surface area contributed by atoms with Crippen molar-refractivity contribution in [2.45, 2.75) is 0 Å². The predicted octanol–water partition coefficient (Wildman–Crippen LogP) is 3.96. The van der Waals surface area contributed by atoms with Crippen LogP contribution in [0.3, 0.4) is 0 Å². The van der Waals surface area contributed by atoms with Gasteiger partial charge in [-0.15, -0.1) is 0 Å². The lowest BCUT2D eigenvalue weighted by atomic mass is 10.3. The second kappa shape index (κ2) is 8.11. The molecule has 2 aromatic rings. The van der Waals surface area contributed by atoms with Crippen molar-refractivity contribution in [2.75, 3.05) is 21.3 Å². The van der Waals surface area contributed by atoms with Crippen LogP contribution in [0.15, 0.2) is 30.3 Å². The average molecular weight is 318 g/mol. The zero-order valence-corrected chi connectivity index (χ0v) is 12.1. The van der Waals surface area contributed by atoms with Crippen LogP contribution in [0.5, 0.6) is 17.2 Å². The van der Waals surface area contributed by atoms with Gasteiger partial charge in [-0.05, 0) is 24.3 Å². The largest absolute Gasteiger partial charge is 0.494 e. The lowest BCUT2D eigenvalue weighted by Crippen LogP contribution is -1.95. The quantitative estimate of drug-likeness (QED) is 0.802. The third-order valence-corrected chi connectivity index (χ3v) is 2.59. The summed E-state index contributed by atoms with van der Waals surface area (Å²) < 4.78 is 64.2. The fourth-order valence-corrected chi connectivity index (χ4v) is 1.47. The third-order valence-electron chi connectivity index (χ3n) is 2.59. The van der Waals surface area contributed by atoms with Gasteiger partial charge in [0.15, 0.2) is 23.1 Å². The fourth-order valence-electron chi connectivity index (χ4n) is 1.47. The first-order valence-electron chi connectivity index (χ1n) is 6.00. The Morgan fingerprint density at radius 2 is 1.00 bits per heavy atom. The Balaban J connectivity index is 0.000000224. The molecule has 0 aliphatic carbocycles. The fraction of sp³-hybridized carbons (Fsp3) is 0.200. The predicted molar refractivity (Wildman–Crippen MR) is 72.4 cm³/mol. The summed E-state index contributed by atoms with van der Waals surface area (Å²) in [5, 5.41) is 0. The van der Waals surface area contributed by atoms with Crippen LogP contribution in [0.2, 0.25) is 0 Å². The van der Waals surface area contributed by atoms with Gasteiger partial charge in [0.1, 0.15) is 0 Å². The van der Waals surface area contributed by atoms with E-state index < -0.39 is 23.3 Å². The lowest BCUT2D eigenvalue weighted by molar-refractivity contribution is 0.344. The maximum atomic E-state index is 12.9. The Bertz CT molecular complexity index is 603. The monoisotopic (exact) mass is 318 g/mol. The number of methoxy groups -OCH3 is 3. The van der Waals surface area contributed by atoms with Gasteiger partial charge in [-0.1, -0.05) is 6.07 Å². The van der Waals surface area contributed by atoms with Crippen molar-refractivity contribution in [1.29, 1.82) is 0 Å². The highest BCUT2D eigenvalue weighted by molar-refractivity contribution is 5.34. The molecule has 0 aliphatic rings. The van der Waals surface area contributed by atoms with Gasteiger partial charge in [-0.3, -0.25) is 0 Å². The van der Waals surface area contributed by atoms with E-state index in [-0.39, 0.29) is 17.2 Å². The van der Waals surface area contributed by atoms with Gasteiger partial charge in [0.25, 0.3) is 0 Å². The first-order valence-corrected chi connectivity index (χ1v) is 6.00. The number of benzene rings is 2. The van der Waals surface area contributed by atoms with Crippen molar-refractivity contribution in [3.8, 4) is 17.2 Å². The van der Waals surface area contributed by atoms with Crippen molar-refractivity contribution in [1.82, 2.24) is 0 Å². The molecule has 22 heavy (non-hydrogen) atoms. The van der Waals surface area contributed by atoms with Gasteiger partial charge in [-0.2, -0.15) is 13.2 Å². The molecule has 2 rings (SSSR count). The van der Waals surface area contributed by atoms with E-state index in [2.05, 4.69) is 14.2 Å². The summed E-state index contributed by atoms with van der Waals surface area (Å²) in [7, 11) is 3.83. The molecule has 0 amide bonds. The van der Waals surface area contributed by atoms with Crippen molar-refractivity contribution >= 4 is 0 Å². The van der Waals surface area contributed by atoms with E-state index in [1.54, 1.807) is 0 Å². The molecule has 0 saturated heterocycles. The molecular formula is C15H14F4O3. The number of rotatable bonds is 3. The van der Waals surface area contributed by atoms with Crippen molar-refractivity contribution < 1.29 is 31.8 Å². The van der Waals surface area contributed by atoms with Gasteiger partial charge in [0.2, 0.25) is 17.5 Å². The van der Waals surface area contributed by atoms with E-state index >= 15 is 0 Å². The average Bonchev–Trinajstić information content (AvgIpc) is 2.53. The molecule has 0 radical (unpaired) electrons. The minimum atomic E-state index is -1.03. The summed E-state index contributed by atoms with van der Waals surface area (Å²) in [6, 6.07) is 6.39. The van der Waals surface area contributed by atoms with E-state index in [9.17, 15) is 17.6 Å². The van der Waals surface area contributed by atoms with Crippen LogP contribution in [0.4, 0.5) is 17.6 Å². The molecule has 0 aromatic heterocycles. The molecule has 0 heterocycles. The minimum Gasteiger partial charge on any atom is -0.494 e. The maximum Gasteiger partial charge on any atom is 0.204 e. The summed E-state index contributed by atoms with van der Waals surface area (Å²) in [5.41, 5.74) is 0. The Hall–Kier alpha value is -2.44. The van der Waals surface area contributed by atoms with Crippen LogP contribution < -0.4 is 14.2 Å². The second-order valence-corrected chi connectivity index (χ2v) is 3.85. The first-order chi connectivity index (χ1) is 10.5. The summed E-state index contributed by atoms with van der Waals surface area (Å²) in [6.45, 7) is 0. The number of hydrogen-bond acceptors (Lipinski definition) is 3. The van der Waals surface area contributed by atoms with E-state index in [1.807, 2.05) is 0 Å². The van der Waals surface area contributed by atoms with Gasteiger partial charge in [0.05, 0.1) is 21.3 Å². The molecule has 0 aliphatic heterocycles. The van der Waals surface area contributed by atoms with Gasteiger partial charge in [0, 0.05) is 0 Å². The standard InChI is InChI=1S/C8H8F2O2.C7H6F2O/c1-11-5-3-4-6(12-2)8(10)7(5)9;1-10-6-4-2-3-5(8)7(6)9/h3-4H,1-2H3;2-4H,1H3.